The number of hydrogen-bond donors (Lipinski definition) is 1. The van der Waals surface area contributed by atoms with Crippen LogP contribution in [0.2, 0.25) is 0 Å². The molecule has 0 radical (unpaired) electrons. The highest BCUT2D eigenvalue weighted by Gasteiger charge is 2.23. The lowest BCUT2D eigenvalue weighted by molar-refractivity contribution is -0.0498. The van der Waals surface area contributed by atoms with Crippen LogP contribution in [0.4, 0.5) is 14.5 Å². The molecule has 2 nitrogen and oxygen atoms in total. The molecular weight excluding hydrogens is 224 g/mol. The quantitative estimate of drug-likeness (QED) is 0.815. The highest BCUT2D eigenvalue weighted by Crippen LogP contribution is 2.34. The average molecular weight is 241 g/mol. The van der Waals surface area contributed by atoms with Crippen molar-refractivity contribution in [2.24, 2.45) is 5.92 Å². The van der Waals surface area contributed by atoms with Crippen molar-refractivity contribution in [1.29, 1.82) is 0 Å². The molecule has 0 heterocycles. The Bertz CT molecular complexity index is 366. The Labute approximate surface area is 100.0 Å². The molecule has 0 bridgehead atoms. The molecule has 1 aromatic carbocycles. The van der Waals surface area contributed by atoms with Crippen LogP contribution in [-0.4, -0.2) is 12.7 Å². The van der Waals surface area contributed by atoms with Gasteiger partial charge < -0.3 is 10.1 Å². The van der Waals surface area contributed by atoms with Crippen molar-refractivity contribution in [2.45, 2.75) is 38.8 Å². The molecule has 0 aromatic heterocycles. The predicted octanol–water partition coefficient (Wildman–Crippen LogP) is 3.89. The molecule has 1 fully saturated rings. The number of alkyl halides is 2. The minimum absolute atomic E-state index is 0.198. The van der Waals surface area contributed by atoms with E-state index in [1.807, 2.05) is 6.07 Å². The Balaban J connectivity index is 1.90. The van der Waals surface area contributed by atoms with Gasteiger partial charge >= 0.3 is 6.61 Å². The zero-order valence-electron chi connectivity index (χ0n) is 9.83. The van der Waals surface area contributed by atoms with E-state index in [1.165, 1.54) is 18.9 Å². The van der Waals surface area contributed by atoms with E-state index < -0.39 is 6.61 Å². The van der Waals surface area contributed by atoms with Crippen LogP contribution in [0, 0.1) is 5.92 Å². The maximum absolute atomic E-state index is 12.1. The van der Waals surface area contributed by atoms with E-state index in [0.717, 1.165) is 18.0 Å². The van der Waals surface area contributed by atoms with Gasteiger partial charge in [-0.3, -0.25) is 0 Å². The average Bonchev–Trinajstić information content (AvgIpc) is 3.00. The highest BCUT2D eigenvalue weighted by atomic mass is 19.3. The van der Waals surface area contributed by atoms with Crippen LogP contribution in [0.5, 0.6) is 5.75 Å². The lowest BCUT2D eigenvalue weighted by Crippen LogP contribution is -2.15. The van der Waals surface area contributed by atoms with Crippen LogP contribution in [0.3, 0.4) is 0 Å². The lowest BCUT2D eigenvalue weighted by atomic mass is 10.1. The summed E-state index contributed by atoms with van der Waals surface area (Å²) in [6.45, 7) is -0.659. The van der Waals surface area contributed by atoms with Crippen molar-refractivity contribution < 1.29 is 13.5 Å². The first-order chi connectivity index (χ1) is 8.13. The maximum atomic E-state index is 12.1. The van der Waals surface area contributed by atoms with Crippen molar-refractivity contribution in [3.05, 3.63) is 24.3 Å². The third kappa shape index (κ3) is 4.21. The molecule has 1 aliphatic carbocycles. The Hall–Kier alpha value is -1.32. The van der Waals surface area contributed by atoms with Gasteiger partial charge in [0.25, 0.3) is 0 Å². The standard InChI is InChI=1S/C13H17F2NO/c1-9(7-10-5-6-10)16-11-3-2-4-12(8-11)17-13(14)15/h2-4,8-10,13,16H,5-7H2,1H3. The number of halogens is 2. The molecule has 0 aliphatic heterocycles. The maximum Gasteiger partial charge on any atom is 0.387 e. The van der Waals surface area contributed by atoms with E-state index in [2.05, 4.69) is 17.0 Å². The van der Waals surface area contributed by atoms with Crippen LogP contribution < -0.4 is 10.1 Å². The van der Waals surface area contributed by atoms with E-state index in [0.29, 0.717) is 6.04 Å². The summed E-state index contributed by atoms with van der Waals surface area (Å²) in [5.41, 5.74) is 0.830. The number of hydrogen-bond acceptors (Lipinski definition) is 2. The van der Waals surface area contributed by atoms with E-state index in [-0.39, 0.29) is 5.75 Å². The summed E-state index contributed by atoms with van der Waals surface area (Å²) in [4.78, 5) is 0. The third-order valence-corrected chi connectivity index (χ3v) is 2.86. The van der Waals surface area contributed by atoms with E-state index in [1.54, 1.807) is 12.1 Å². The monoisotopic (exact) mass is 241 g/mol. The number of nitrogens with one attached hydrogen (secondary N) is 1. The fourth-order valence-electron chi connectivity index (χ4n) is 1.96. The summed E-state index contributed by atoms with van der Waals surface area (Å²) >= 11 is 0. The van der Waals surface area contributed by atoms with Gasteiger partial charge in [0, 0.05) is 17.8 Å². The van der Waals surface area contributed by atoms with Crippen molar-refractivity contribution in [2.75, 3.05) is 5.32 Å². The second-order valence-corrected chi connectivity index (χ2v) is 4.63. The molecule has 0 spiro atoms. The third-order valence-electron chi connectivity index (χ3n) is 2.86. The smallest absolute Gasteiger partial charge is 0.387 e. The molecule has 4 heteroatoms. The fraction of sp³-hybridized carbons (Fsp3) is 0.538. The van der Waals surface area contributed by atoms with Crippen LogP contribution in [-0.2, 0) is 0 Å². The number of ether oxygens (including phenoxy) is 1. The summed E-state index contributed by atoms with van der Waals surface area (Å²) in [6, 6.07) is 7.08. The predicted molar refractivity (Wildman–Crippen MR) is 63.5 cm³/mol. The van der Waals surface area contributed by atoms with Crippen LogP contribution in [0.25, 0.3) is 0 Å². The first-order valence-corrected chi connectivity index (χ1v) is 5.95. The second kappa shape index (κ2) is 5.34. The Morgan fingerprint density at radius 3 is 2.82 bits per heavy atom. The van der Waals surface area contributed by atoms with Crippen LogP contribution >= 0.6 is 0 Å². The van der Waals surface area contributed by atoms with E-state index in [4.69, 9.17) is 0 Å². The summed E-state index contributed by atoms with van der Waals surface area (Å²) in [5.74, 6) is 1.04. The van der Waals surface area contributed by atoms with Crippen molar-refractivity contribution in [3.63, 3.8) is 0 Å². The Kier molecular flexibility index (Phi) is 3.82. The highest BCUT2D eigenvalue weighted by molar-refractivity contribution is 5.48. The SMILES string of the molecule is CC(CC1CC1)Nc1cccc(OC(F)F)c1. The minimum atomic E-state index is -2.77. The van der Waals surface area contributed by atoms with Gasteiger partial charge in [-0.15, -0.1) is 0 Å². The molecule has 2 rings (SSSR count). The van der Waals surface area contributed by atoms with Crippen LogP contribution in [0.15, 0.2) is 24.3 Å². The number of anilines is 1. The minimum Gasteiger partial charge on any atom is -0.435 e. The molecule has 0 saturated heterocycles. The zero-order valence-corrected chi connectivity index (χ0v) is 9.83. The number of rotatable bonds is 6. The van der Waals surface area contributed by atoms with Crippen molar-refractivity contribution in [1.82, 2.24) is 0 Å². The molecule has 94 valence electrons. The van der Waals surface area contributed by atoms with Gasteiger partial charge in [0.05, 0.1) is 0 Å². The van der Waals surface area contributed by atoms with Gasteiger partial charge in [0.2, 0.25) is 0 Å². The van der Waals surface area contributed by atoms with Gasteiger partial charge in [-0.2, -0.15) is 8.78 Å². The molecule has 1 unspecified atom stereocenters. The summed E-state index contributed by atoms with van der Waals surface area (Å²) in [6.07, 6.45) is 3.78. The summed E-state index contributed by atoms with van der Waals surface area (Å²) in [5, 5.41) is 3.30. The van der Waals surface area contributed by atoms with Crippen molar-refractivity contribution >= 4 is 5.69 Å². The van der Waals surface area contributed by atoms with E-state index in [9.17, 15) is 8.78 Å². The molecule has 17 heavy (non-hydrogen) atoms. The van der Waals surface area contributed by atoms with E-state index >= 15 is 0 Å². The molecular formula is C13H17F2NO. The Morgan fingerprint density at radius 2 is 2.18 bits per heavy atom. The molecule has 1 N–H and O–H groups in total. The van der Waals surface area contributed by atoms with Gasteiger partial charge in [-0.05, 0) is 31.4 Å². The molecule has 1 saturated carbocycles. The first kappa shape index (κ1) is 12.1. The molecule has 1 aromatic rings. The van der Waals surface area contributed by atoms with Gasteiger partial charge in [-0.25, -0.2) is 0 Å². The molecule has 1 atom stereocenters. The number of benzene rings is 1. The molecule has 1 aliphatic rings. The topological polar surface area (TPSA) is 21.3 Å². The molecule has 0 amide bonds. The fourth-order valence-corrected chi connectivity index (χ4v) is 1.96. The van der Waals surface area contributed by atoms with Gasteiger partial charge in [0.15, 0.2) is 0 Å². The van der Waals surface area contributed by atoms with Crippen molar-refractivity contribution in [3.8, 4) is 5.75 Å². The Morgan fingerprint density at radius 1 is 1.41 bits per heavy atom. The van der Waals surface area contributed by atoms with Crippen LogP contribution in [0.1, 0.15) is 26.2 Å². The lowest BCUT2D eigenvalue weighted by Gasteiger charge is -2.15. The van der Waals surface area contributed by atoms with Gasteiger partial charge in [0.1, 0.15) is 5.75 Å². The normalized spacial score (nSPS) is 16.9. The largest absolute Gasteiger partial charge is 0.435 e. The first-order valence-electron chi connectivity index (χ1n) is 5.95. The second-order valence-electron chi connectivity index (χ2n) is 4.63. The summed E-state index contributed by atoms with van der Waals surface area (Å²) in [7, 11) is 0. The van der Waals surface area contributed by atoms with Gasteiger partial charge in [-0.1, -0.05) is 18.9 Å². The zero-order chi connectivity index (χ0) is 12.3. The summed E-state index contributed by atoms with van der Waals surface area (Å²) < 4.78 is 28.5.